The summed E-state index contributed by atoms with van der Waals surface area (Å²) in [6.45, 7) is 0.593. The van der Waals surface area contributed by atoms with E-state index in [1.807, 2.05) is 17.0 Å². The van der Waals surface area contributed by atoms with Crippen LogP contribution < -0.4 is 5.32 Å². The molecular weight excluding hydrogens is 228 g/mol. The smallest absolute Gasteiger partial charge is 0.318 e. The van der Waals surface area contributed by atoms with Crippen LogP contribution >= 0.6 is 0 Å². The minimum atomic E-state index is 0.0841. The van der Waals surface area contributed by atoms with Gasteiger partial charge in [-0.05, 0) is 37.8 Å². The maximum absolute atomic E-state index is 12.3. The number of nitrogens with zero attached hydrogens (tertiary/aromatic N) is 1. The van der Waals surface area contributed by atoms with Crippen LogP contribution in [0.2, 0.25) is 0 Å². The van der Waals surface area contributed by atoms with Crippen molar-refractivity contribution in [3.63, 3.8) is 0 Å². The topological polar surface area (TPSA) is 45.5 Å². The number of rotatable bonds is 4. The summed E-state index contributed by atoms with van der Waals surface area (Å²) >= 11 is 0. The fraction of sp³-hybridized carbons (Fsp3) is 0.643. The van der Waals surface area contributed by atoms with Gasteiger partial charge in [0.1, 0.15) is 5.76 Å². The van der Waals surface area contributed by atoms with E-state index in [4.69, 9.17) is 4.42 Å². The van der Waals surface area contributed by atoms with Crippen molar-refractivity contribution < 1.29 is 9.21 Å². The van der Waals surface area contributed by atoms with Crippen LogP contribution in [-0.4, -0.2) is 23.0 Å². The fourth-order valence-electron chi connectivity index (χ4n) is 2.64. The molecule has 2 amide bonds. The molecule has 1 heterocycles. The van der Waals surface area contributed by atoms with Gasteiger partial charge in [-0.25, -0.2) is 4.79 Å². The highest BCUT2D eigenvalue weighted by atomic mass is 16.3. The lowest BCUT2D eigenvalue weighted by Crippen LogP contribution is -2.45. The van der Waals surface area contributed by atoms with Crippen molar-refractivity contribution in [1.29, 1.82) is 0 Å². The third kappa shape index (κ3) is 2.68. The van der Waals surface area contributed by atoms with Crippen molar-refractivity contribution in [2.45, 2.75) is 57.2 Å². The number of furan rings is 1. The first-order valence-electron chi connectivity index (χ1n) is 6.92. The Balaban J connectivity index is 1.67. The third-order valence-corrected chi connectivity index (χ3v) is 3.84. The van der Waals surface area contributed by atoms with E-state index < -0.39 is 0 Å². The van der Waals surface area contributed by atoms with Gasteiger partial charge in [0.15, 0.2) is 0 Å². The molecule has 0 aromatic carbocycles. The van der Waals surface area contributed by atoms with Crippen LogP contribution in [0.3, 0.4) is 0 Å². The lowest BCUT2D eigenvalue weighted by Gasteiger charge is -2.28. The summed E-state index contributed by atoms with van der Waals surface area (Å²) in [6, 6.07) is 4.69. The van der Waals surface area contributed by atoms with E-state index in [2.05, 4.69) is 5.32 Å². The van der Waals surface area contributed by atoms with Crippen molar-refractivity contribution in [1.82, 2.24) is 10.2 Å². The first-order chi connectivity index (χ1) is 8.83. The van der Waals surface area contributed by atoms with Gasteiger partial charge in [-0.3, -0.25) is 0 Å². The quantitative estimate of drug-likeness (QED) is 0.890. The van der Waals surface area contributed by atoms with Gasteiger partial charge in [0, 0.05) is 12.1 Å². The molecule has 0 radical (unpaired) electrons. The van der Waals surface area contributed by atoms with Gasteiger partial charge in [-0.2, -0.15) is 0 Å². The molecule has 2 saturated carbocycles. The Bertz CT molecular complexity index is 392. The Hall–Kier alpha value is -1.45. The summed E-state index contributed by atoms with van der Waals surface area (Å²) < 4.78 is 5.37. The van der Waals surface area contributed by atoms with Crippen LogP contribution in [0.1, 0.15) is 44.3 Å². The highest BCUT2D eigenvalue weighted by molar-refractivity contribution is 5.75. The van der Waals surface area contributed by atoms with Crippen LogP contribution in [-0.2, 0) is 6.54 Å². The zero-order valence-corrected chi connectivity index (χ0v) is 10.6. The SMILES string of the molecule is O=C(NC1CC1)N(Cc1ccco1)C1CCCC1. The van der Waals surface area contributed by atoms with Crippen molar-refractivity contribution >= 4 is 6.03 Å². The second-order valence-corrected chi connectivity index (χ2v) is 5.37. The van der Waals surface area contributed by atoms with Gasteiger partial charge in [-0.15, -0.1) is 0 Å². The second-order valence-electron chi connectivity index (χ2n) is 5.37. The molecule has 0 spiro atoms. The molecule has 1 aromatic rings. The normalized spacial score (nSPS) is 20.0. The van der Waals surface area contributed by atoms with Gasteiger partial charge in [0.05, 0.1) is 12.8 Å². The molecule has 0 unspecified atom stereocenters. The predicted molar refractivity (Wildman–Crippen MR) is 68.1 cm³/mol. The van der Waals surface area contributed by atoms with Crippen LogP contribution in [0, 0.1) is 0 Å². The van der Waals surface area contributed by atoms with Crippen molar-refractivity contribution in [3.8, 4) is 0 Å². The fourth-order valence-corrected chi connectivity index (χ4v) is 2.64. The maximum Gasteiger partial charge on any atom is 0.318 e. The van der Waals surface area contributed by atoms with Crippen molar-refractivity contribution in [3.05, 3.63) is 24.2 Å². The summed E-state index contributed by atoms with van der Waals surface area (Å²) in [4.78, 5) is 14.2. The molecule has 0 aliphatic heterocycles. The lowest BCUT2D eigenvalue weighted by molar-refractivity contribution is 0.164. The molecule has 1 aromatic heterocycles. The molecule has 2 fully saturated rings. The van der Waals surface area contributed by atoms with Crippen molar-refractivity contribution in [2.24, 2.45) is 0 Å². The van der Waals surface area contributed by atoms with Gasteiger partial charge >= 0.3 is 6.03 Å². The van der Waals surface area contributed by atoms with Gasteiger partial charge < -0.3 is 14.6 Å². The Kier molecular flexibility index (Phi) is 3.26. The molecule has 4 heteroatoms. The first-order valence-corrected chi connectivity index (χ1v) is 6.92. The number of carbonyl (C=O) groups excluding carboxylic acids is 1. The predicted octanol–water partition coefficient (Wildman–Crippen LogP) is 2.90. The number of hydrogen-bond donors (Lipinski definition) is 1. The number of amides is 2. The Morgan fingerprint density at radius 1 is 1.33 bits per heavy atom. The Morgan fingerprint density at radius 2 is 2.11 bits per heavy atom. The molecule has 2 aliphatic rings. The maximum atomic E-state index is 12.3. The molecule has 18 heavy (non-hydrogen) atoms. The number of carbonyl (C=O) groups is 1. The monoisotopic (exact) mass is 248 g/mol. The van der Waals surface area contributed by atoms with E-state index in [9.17, 15) is 4.79 Å². The summed E-state index contributed by atoms with van der Waals surface area (Å²) in [7, 11) is 0. The van der Waals surface area contributed by atoms with E-state index in [-0.39, 0.29) is 6.03 Å². The van der Waals surface area contributed by atoms with E-state index >= 15 is 0 Å². The van der Waals surface area contributed by atoms with Crippen LogP contribution in [0.4, 0.5) is 4.79 Å². The van der Waals surface area contributed by atoms with Gasteiger partial charge in [0.25, 0.3) is 0 Å². The largest absolute Gasteiger partial charge is 0.467 e. The second kappa shape index (κ2) is 5.04. The highest BCUT2D eigenvalue weighted by Gasteiger charge is 2.31. The zero-order valence-electron chi connectivity index (χ0n) is 10.6. The molecular formula is C14H20N2O2. The Morgan fingerprint density at radius 3 is 2.72 bits per heavy atom. The van der Waals surface area contributed by atoms with E-state index in [1.54, 1.807) is 6.26 Å². The minimum Gasteiger partial charge on any atom is -0.467 e. The minimum absolute atomic E-state index is 0.0841. The summed E-state index contributed by atoms with van der Waals surface area (Å²) in [5.74, 6) is 0.868. The third-order valence-electron chi connectivity index (χ3n) is 3.84. The number of nitrogens with one attached hydrogen (secondary N) is 1. The summed E-state index contributed by atoms with van der Waals surface area (Å²) in [5, 5.41) is 3.09. The van der Waals surface area contributed by atoms with Crippen LogP contribution in [0.25, 0.3) is 0 Å². The van der Waals surface area contributed by atoms with E-state index in [1.165, 1.54) is 12.8 Å². The first kappa shape index (κ1) is 11.6. The van der Waals surface area contributed by atoms with E-state index in [0.29, 0.717) is 18.6 Å². The zero-order chi connectivity index (χ0) is 12.4. The molecule has 1 N–H and O–H groups in total. The van der Waals surface area contributed by atoms with Crippen LogP contribution in [0.15, 0.2) is 22.8 Å². The van der Waals surface area contributed by atoms with Crippen LogP contribution in [0.5, 0.6) is 0 Å². The number of urea groups is 1. The molecule has 98 valence electrons. The molecule has 2 aliphatic carbocycles. The average molecular weight is 248 g/mol. The molecule has 0 saturated heterocycles. The van der Waals surface area contributed by atoms with Crippen molar-refractivity contribution in [2.75, 3.05) is 0 Å². The Labute approximate surface area is 107 Å². The molecule has 0 atom stereocenters. The molecule has 4 nitrogen and oxygen atoms in total. The van der Waals surface area contributed by atoms with Gasteiger partial charge in [0.2, 0.25) is 0 Å². The highest BCUT2D eigenvalue weighted by Crippen LogP contribution is 2.26. The molecule has 0 bridgehead atoms. The average Bonchev–Trinajstić information content (AvgIpc) is 2.88. The lowest BCUT2D eigenvalue weighted by atomic mass is 10.2. The summed E-state index contributed by atoms with van der Waals surface area (Å²) in [6.07, 6.45) is 8.64. The summed E-state index contributed by atoms with van der Waals surface area (Å²) in [5.41, 5.74) is 0. The standard InChI is InChI=1S/C14H20N2O2/c17-14(15-11-7-8-11)16(12-4-1-2-5-12)10-13-6-3-9-18-13/h3,6,9,11-12H,1-2,4-5,7-8,10H2,(H,15,17). The molecule has 3 rings (SSSR count). The number of hydrogen-bond acceptors (Lipinski definition) is 2. The van der Waals surface area contributed by atoms with E-state index in [0.717, 1.165) is 31.4 Å². The van der Waals surface area contributed by atoms with Gasteiger partial charge in [-0.1, -0.05) is 12.8 Å².